The number of nitrogens with zero attached hydrogens (tertiary/aromatic N) is 1. The van der Waals surface area contributed by atoms with Crippen molar-refractivity contribution in [3.63, 3.8) is 0 Å². The third-order valence-corrected chi connectivity index (χ3v) is 3.61. The maximum atomic E-state index is 2.28. The second-order valence-corrected chi connectivity index (χ2v) is 5.73. The van der Waals surface area contributed by atoms with Gasteiger partial charge in [-0.2, -0.15) is 0 Å². The Balaban J connectivity index is 2.56. The lowest BCUT2D eigenvalue weighted by atomic mass is 10.2. The van der Waals surface area contributed by atoms with E-state index in [4.69, 9.17) is 0 Å². The molecule has 1 rings (SSSR count). The minimum atomic E-state index is 0.713. The molecule has 1 nitrogen and oxygen atoms in total. The van der Waals surface area contributed by atoms with Crippen LogP contribution in [0, 0.1) is 0 Å². The summed E-state index contributed by atoms with van der Waals surface area (Å²) in [7, 11) is 4.20. The number of thioether (sulfide) groups is 1. The van der Waals surface area contributed by atoms with Crippen molar-refractivity contribution in [3.05, 3.63) is 29.8 Å². The molecule has 2 heteroatoms. The molecule has 0 aliphatic rings. The normalized spacial score (nSPS) is 13.1. The van der Waals surface area contributed by atoms with Crippen LogP contribution in [0.1, 0.15) is 25.8 Å². The van der Waals surface area contributed by atoms with Crippen molar-refractivity contribution in [2.45, 2.75) is 37.0 Å². The Morgan fingerprint density at radius 3 is 2.27 bits per heavy atom. The molecule has 0 saturated carbocycles. The summed E-state index contributed by atoms with van der Waals surface area (Å²) in [5.41, 5.74) is 1.38. The Bertz CT molecular complexity index is 279. The van der Waals surface area contributed by atoms with E-state index in [-0.39, 0.29) is 0 Å². The van der Waals surface area contributed by atoms with Gasteiger partial charge in [-0.05, 0) is 38.2 Å². The Hall–Kier alpha value is -0.470. The largest absolute Gasteiger partial charge is 0.305 e. The first-order valence-corrected chi connectivity index (χ1v) is 6.40. The molecule has 1 aromatic carbocycles. The van der Waals surface area contributed by atoms with E-state index in [0.717, 1.165) is 6.54 Å². The van der Waals surface area contributed by atoms with E-state index in [9.17, 15) is 0 Å². The molecule has 1 aromatic rings. The van der Waals surface area contributed by atoms with Crippen LogP contribution in [-0.4, -0.2) is 24.2 Å². The van der Waals surface area contributed by atoms with Gasteiger partial charge in [0.15, 0.2) is 0 Å². The second-order valence-electron chi connectivity index (χ2n) is 4.22. The number of hydrogen-bond donors (Lipinski definition) is 0. The van der Waals surface area contributed by atoms with Gasteiger partial charge in [-0.3, -0.25) is 0 Å². The highest BCUT2D eigenvalue weighted by Crippen LogP contribution is 2.25. The third-order valence-electron chi connectivity index (χ3n) is 2.33. The first kappa shape index (κ1) is 12.6. The number of benzene rings is 1. The summed E-state index contributed by atoms with van der Waals surface area (Å²) < 4.78 is 0. The maximum Gasteiger partial charge on any atom is 0.0227 e. The van der Waals surface area contributed by atoms with Crippen molar-refractivity contribution in [3.8, 4) is 0 Å². The molecule has 0 aliphatic heterocycles. The van der Waals surface area contributed by atoms with Gasteiger partial charge in [0.05, 0.1) is 0 Å². The summed E-state index contributed by atoms with van der Waals surface area (Å²) in [5, 5.41) is 0.713. The minimum Gasteiger partial charge on any atom is -0.305 e. The smallest absolute Gasteiger partial charge is 0.0227 e. The molecule has 0 bridgehead atoms. The fourth-order valence-corrected chi connectivity index (χ4v) is 2.28. The lowest BCUT2D eigenvalue weighted by Gasteiger charge is -2.11. The highest BCUT2D eigenvalue weighted by Gasteiger charge is 2.01. The Labute approximate surface area is 97.9 Å². The Morgan fingerprint density at radius 2 is 1.80 bits per heavy atom. The van der Waals surface area contributed by atoms with Gasteiger partial charge < -0.3 is 4.90 Å². The summed E-state index contributed by atoms with van der Waals surface area (Å²) in [6.45, 7) is 5.53. The van der Waals surface area contributed by atoms with Crippen LogP contribution in [0.5, 0.6) is 0 Å². The van der Waals surface area contributed by atoms with Crippen LogP contribution in [-0.2, 0) is 6.54 Å². The van der Waals surface area contributed by atoms with Gasteiger partial charge in [-0.25, -0.2) is 0 Å². The molecule has 0 radical (unpaired) electrons. The lowest BCUT2D eigenvalue weighted by Crippen LogP contribution is -2.10. The van der Waals surface area contributed by atoms with Crippen LogP contribution < -0.4 is 0 Å². The quantitative estimate of drug-likeness (QED) is 0.701. The van der Waals surface area contributed by atoms with E-state index in [2.05, 4.69) is 57.1 Å². The van der Waals surface area contributed by atoms with E-state index in [1.165, 1.54) is 16.9 Å². The molecule has 0 amide bonds. The average Bonchev–Trinajstić information content (AvgIpc) is 2.20. The third kappa shape index (κ3) is 4.72. The van der Waals surface area contributed by atoms with Crippen LogP contribution in [0.25, 0.3) is 0 Å². The summed E-state index contributed by atoms with van der Waals surface area (Å²) in [6, 6.07) is 8.92. The van der Waals surface area contributed by atoms with E-state index in [1.54, 1.807) is 0 Å². The van der Waals surface area contributed by atoms with Gasteiger partial charge in [0.1, 0.15) is 0 Å². The molecule has 0 aromatic heterocycles. The summed E-state index contributed by atoms with van der Waals surface area (Å²) in [4.78, 5) is 3.57. The van der Waals surface area contributed by atoms with E-state index >= 15 is 0 Å². The van der Waals surface area contributed by atoms with Crippen molar-refractivity contribution >= 4 is 11.8 Å². The van der Waals surface area contributed by atoms with Gasteiger partial charge in [0.25, 0.3) is 0 Å². The predicted molar refractivity (Wildman–Crippen MR) is 69.4 cm³/mol. The van der Waals surface area contributed by atoms with Crippen LogP contribution in [0.4, 0.5) is 0 Å². The highest BCUT2D eigenvalue weighted by atomic mass is 32.2. The first-order valence-electron chi connectivity index (χ1n) is 5.52. The van der Waals surface area contributed by atoms with Crippen LogP contribution in [0.3, 0.4) is 0 Å². The standard InChI is InChI=1S/C13H21NS/c1-5-11(2)15-13-8-6-12(7-9-13)10-14(3)4/h6-9,11H,5,10H2,1-4H3. The Kier molecular flexibility index (Phi) is 5.20. The molecule has 0 N–H and O–H groups in total. The van der Waals surface area contributed by atoms with Crippen LogP contribution >= 0.6 is 11.8 Å². The topological polar surface area (TPSA) is 3.24 Å². The van der Waals surface area contributed by atoms with E-state index in [0.29, 0.717) is 5.25 Å². The maximum absolute atomic E-state index is 2.28. The molecule has 0 fully saturated rings. The molecule has 0 spiro atoms. The Morgan fingerprint density at radius 1 is 1.20 bits per heavy atom. The monoisotopic (exact) mass is 223 g/mol. The summed E-state index contributed by atoms with van der Waals surface area (Å²) in [5.74, 6) is 0. The zero-order valence-corrected chi connectivity index (χ0v) is 11.0. The zero-order valence-electron chi connectivity index (χ0n) is 10.2. The number of rotatable bonds is 5. The SMILES string of the molecule is CCC(C)Sc1ccc(CN(C)C)cc1. The molecule has 1 atom stereocenters. The molecule has 0 aliphatic carbocycles. The van der Waals surface area contributed by atoms with Gasteiger partial charge >= 0.3 is 0 Å². The van der Waals surface area contributed by atoms with Crippen molar-refractivity contribution in [2.75, 3.05) is 14.1 Å². The first-order chi connectivity index (χ1) is 7.11. The van der Waals surface area contributed by atoms with Gasteiger partial charge in [0.2, 0.25) is 0 Å². The van der Waals surface area contributed by atoms with Gasteiger partial charge in [-0.15, -0.1) is 11.8 Å². The average molecular weight is 223 g/mol. The lowest BCUT2D eigenvalue weighted by molar-refractivity contribution is 0.402. The predicted octanol–water partition coefficient (Wildman–Crippen LogP) is 3.64. The fraction of sp³-hybridized carbons (Fsp3) is 0.538. The second kappa shape index (κ2) is 6.19. The van der Waals surface area contributed by atoms with Gasteiger partial charge in [-0.1, -0.05) is 26.0 Å². The molecule has 1 unspecified atom stereocenters. The van der Waals surface area contributed by atoms with Crippen molar-refractivity contribution in [1.29, 1.82) is 0 Å². The highest BCUT2D eigenvalue weighted by molar-refractivity contribution is 7.99. The molecular weight excluding hydrogens is 202 g/mol. The van der Waals surface area contributed by atoms with E-state index in [1.807, 2.05) is 11.8 Å². The zero-order chi connectivity index (χ0) is 11.3. The van der Waals surface area contributed by atoms with Crippen molar-refractivity contribution < 1.29 is 0 Å². The van der Waals surface area contributed by atoms with Crippen LogP contribution in [0.15, 0.2) is 29.2 Å². The van der Waals surface area contributed by atoms with Crippen molar-refractivity contribution in [1.82, 2.24) is 4.90 Å². The minimum absolute atomic E-state index is 0.713. The van der Waals surface area contributed by atoms with Crippen LogP contribution in [0.2, 0.25) is 0 Å². The summed E-state index contributed by atoms with van der Waals surface area (Å²) in [6.07, 6.45) is 1.23. The molecule has 15 heavy (non-hydrogen) atoms. The van der Waals surface area contributed by atoms with E-state index < -0.39 is 0 Å². The fourth-order valence-electron chi connectivity index (χ4n) is 1.35. The summed E-state index contributed by atoms with van der Waals surface area (Å²) >= 11 is 1.96. The molecule has 84 valence electrons. The molecular formula is C13H21NS. The molecule has 0 heterocycles. The van der Waals surface area contributed by atoms with Gasteiger partial charge in [0, 0.05) is 16.7 Å². The van der Waals surface area contributed by atoms with Crippen molar-refractivity contribution in [2.24, 2.45) is 0 Å². The number of hydrogen-bond acceptors (Lipinski definition) is 2. The molecule has 0 saturated heterocycles.